The van der Waals surface area contributed by atoms with Gasteiger partial charge in [0.05, 0.1) is 0 Å². The molecule has 1 atom stereocenters. The van der Waals surface area contributed by atoms with Gasteiger partial charge in [-0.05, 0) is 43.7 Å². The van der Waals surface area contributed by atoms with Crippen LogP contribution in [-0.2, 0) is 10.3 Å². The van der Waals surface area contributed by atoms with E-state index in [9.17, 15) is 4.79 Å². The summed E-state index contributed by atoms with van der Waals surface area (Å²) >= 11 is 12.1. The number of primary amides is 1. The lowest BCUT2D eigenvalue weighted by Gasteiger charge is -2.30. The number of benzene rings is 2. The maximum atomic E-state index is 12.0. The van der Waals surface area contributed by atoms with Gasteiger partial charge in [0.1, 0.15) is 5.54 Å². The summed E-state index contributed by atoms with van der Waals surface area (Å²) in [6.45, 7) is 3.68. The van der Waals surface area contributed by atoms with Crippen molar-refractivity contribution in [2.45, 2.75) is 19.4 Å². The molecule has 0 aliphatic carbocycles. The van der Waals surface area contributed by atoms with Crippen LogP contribution in [0, 0.1) is 6.92 Å². The molecule has 0 fully saturated rings. The maximum absolute atomic E-state index is 12.0. The van der Waals surface area contributed by atoms with E-state index in [1.807, 2.05) is 31.2 Å². The number of nitrogens with two attached hydrogens (primary N) is 1. The molecule has 0 aliphatic rings. The first-order valence-corrected chi connectivity index (χ1v) is 7.19. The maximum Gasteiger partial charge on any atom is 0.247 e. The summed E-state index contributed by atoms with van der Waals surface area (Å²) in [6.07, 6.45) is 0. The lowest BCUT2D eigenvalue weighted by Crippen LogP contribution is -2.45. The summed E-state index contributed by atoms with van der Waals surface area (Å²) in [5.74, 6) is -0.520. The zero-order valence-electron chi connectivity index (χ0n) is 11.8. The smallest absolute Gasteiger partial charge is 0.247 e. The van der Waals surface area contributed by atoms with Crippen LogP contribution >= 0.6 is 23.2 Å². The zero-order valence-corrected chi connectivity index (χ0v) is 13.3. The molecule has 0 aromatic heterocycles. The first-order valence-electron chi connectivity index (χ1n) is 6.43. The summed E-state index contributed by atoms with van der Waals surface area (Å²) in [5, 5.41) is 4.07. The predicted octanol–water partition coefficient (Wildman–Crippen LogP) is 4.11. The lowest BCUT2D eigenvalue weighted by atomic mass is 9.90. The molecule has 0 radical (unpaired) electrons. The van der Waals surface area contributed by atoms with Gasteiger partial charge >= 0.3 is 0 Å². The molecule has 1 amide bonds. The van der Waals surface area contributed by atoms with Crippen molar-refractivity contribution in [2.24, 2.45) is 5.73 Å². The van der Waals surface area contributed by atoms with Crippen molar-refractivity contribution in [3.8, 4) is 0 Å². The molecule has 0 saturated carbocycles. The third-order valence-corrected chi connectivity index (χ3v) is 3.92. The Morgan fingerprint density at radius 1 is 1.19 bits per heavy atom. The fourth-order valence-electron chi connectivity index (χ4n) is 2.17. The summed E-state index contributed by atoms with van der Waals surface area (Å²) in [6, 6.07) is 12.7. The summed E-state index contributed by atoms with van der Waals surface area (Å²) in [4.78, 5) is 12.0. The number of hydrogen-bond donors (Lipinski definition) is 2. The van der Waals surface area contributed by atoms with Gasteiger partial charge in [-0.25, -0.2) is 0 Å². The van der Waals surface area contributed by atoms with Crippen molar-refractivity contribution in [3.05, 3.63) is 63.6 Å². The Balaban J connectivity index is 2.48. The largest absolute Gasteiger partial charge is 0.368 e. The van der Waals surface area contributed by atoms with E-state index >= 15 is 0 Å². The zero-order chi connectivity index (χ0) is 15.6. The molecular weight excluding hydrogens is 307 g/mol. The third-order valence-electron chi connectivity index (χ3n) is 3.38. The Morgan fingerprint density at radius 3 is 2.48 bits per heavy atom. The Hall–Kier alpha value is -1.71. The SMILES string of the molecule is Cc1cccc(NC(C)(C(N)=O)c2ccc(Cl)cc2Cl)c1. The molecule has 5 heteroatoms. The molecule has 0 heterocycles. The molecule has 1 unspecified atom stereocenters. The first kappa shape index (κ1) is 15.7. The number of carbonyl (C=O) groups excluding carboxylic acids is 1. The number of nitrogens with one attached hydrogen (secondary N) is 1. The number of halogens is 2. The Bertz CT molecular complexity index is 688. The second-order valence-corrected chi connectivity index (χ2v) is 5.95. The highest BCUT2D eigenvalue weighted by molar-refractivity contribution is 6.35. The quantitative estimate of drug-likeness (QED) is 0.889. The van der Waals surface area contributed by atoms with Crippen molar-refractivity contribution < 1.29 is 4.79 Å². The molecule has 0 aliphatic heterocycles. The van der Waals surface area contributed by atoms with Crippen LogP contribution in [0.3, 0.4) is 0 Å². The van der Waals surface area contributed by atoms with Crippen molar-refractivity contribution in [2.75, 3.05) is 5.32 Å². The normalized spacial score (nSPS) is 13.5. The van der Waals surface area contributed by atoms with E-state index in [0.29, 0.717) is 15.6 Å². The number of rotatable bonds is 4. The van der Waals surface area contributed by atoms with E-state index in [-0.39, 0.29) is 0 Å². The van der Waals surface area contributed by atoms with Crippen LogP contribution in [0.15, 0.2) is 42.5 Å². The Kier molecular flexibility index (Phi) is 4.45. The second kappa shape index (κ2) is 5.96. The average molecular weight is 323 g/mol. The molecule has 0 saturated heterocycles. The van der Waals surface area contributed by atoms with Crippen LogP contribution in [-0.4, -0.2) is 5.91 Å². The van der Waals surface area contributed by atoms with Gasteiger partial charge in [-0.15, -0.1) is 0 Å². The molecule has 0 spiro atoms. The fourth-order valence-corrected chi connectivity index (χ4v) is 2.77. The first-order chi connectivity index (χ1) is 9.83. The second-order valence-electron chi connectivity index (χ2n) is 5.11. The highest BCUT2D eigenvalue weighted by Gasteiger charge is 2.35. The third kappa shape index (κ3) is 3.31. The average Bonchev–Trinajstić information content (AvgIpc) is 2.38. The monoisotopic (exact) mass is 322 g/mol. The molecule has 2 aromatic carbocycles. The van der Waals surface area contributed by atoms with E-state index in [4.69, 9.17) is 28.9 Å². The molecule has 2 rings (SSSR count). The highest BCUT2D eigenvalue weighted by atomic mass is 35.5. The van der Waals surface area contributed by atoms with E-state index in [1.165, 1.54) is 0 Å². The number of amides is 1. The van der Waals surface area contributed by atoms with E-state index < -0.39 is 11.4 Å². The standard InChI is InChI=1S/C16H16Cl2N2O/c1-10-4-3-5-12(8-10)20-16(2,15(19)21)13-7-6-11(17)9-14(13)18/h3-9,20H,1-2H3,(H2,19,21). The minimum Gasteiger partial charge on any atom is -0.368 e. The van der Waals surface area contributed by atoms with Crippen molar-refractivity contribution in [3.63, 3.8) is 0 Å². The summed E-state index contributed by atoms with van der Waals surface area (Å²) in [7, 11) is 0. The summed E-state index contributed by atoms with van der Waals surface area (Å²) in [5.41, 5.74) is 6.93. The van der Waals surface area contributed by atoms with Crippen molar-refractivity contribution in [1.82, 2.24) is 0 Å². The van der Waals surface area contributed by atoms with Gasteiger partial charge in [-0.2, -0.15) is 0 Å². The van der Waals surface area contributed by atoms with Gasteiger partial charge in [-0.3, -0.25) is 4.79 Å². The minimum absolute atomic E-state index is 0.393. The van der Waals surface area contributed by atoms with Crippen LogP contribution in [0.5, 0.6) is 0 Å². The van der Waals surface area contributed by atoms with Crippen LogP contribution in [0.4, 0.5) is 5.69 Å². The van der Waals surface area contributed by atoms with E-state index in [2.05, 4.69) is 5.32 Å². The Labute approximate surface area is 134 Å². The predicted molar refractivity (Wildman–Crippen MR) is 87.8 cm³/mol. The van der Waals surface area contributed by atoms with Crippen molar-refractivity contribution >= 4 is 34.8 Å². The van der Waals surface area contributed by atoms with Gasteiger partial charge in [0.2, 0.25) is 5.91 Å². The molecule has 2 aromatic rings. The van der Waals surface area contributed by atoms with E-state index in [0.717, 1.165) is 11.3 Å². The van der Waals surface area contributed by atoms with Gasteiger partial charge in [0.15, 0.2) is 0 Å². The molecular formula is C16H16Cl2N2O. The molecule has 110 valence electrons. The lowest BCUT2D eigenvalue weighted by molar-refractivity contribution is -0.122. The van der Waals surface area contributed by atoms with Gasteiger partial charge in [0.25, 0.3) is 0 Å². The molecule has 3 nitrogen and oxygen atoms in total. The van der Waals surface area contributed by atoms with Crippen LogP contribution in [0.2, 0.25) is 10.0 Å². The highest BCUT2D eigenvalue weighted by Crippen LogP contribution is 2.33. The fraction of sp³-hybridized carbons (Fsp3) is 0.188. The number of anilines is 1. The van der Waals surface area contributed by atoms with Crippen LogP contribution in [0.25, 0.3) is 0 Å². The summed E-state index contributed by atoms with van der Waals surface area (Å²) < 4.78 is 0. The number of carbonyl (C=O) groups is 1. The topological polar surface area (TPSA) is 55.1 Å². The minimum atomic E-state index is -1.13. The van der Waals surface area contributed by atoms with Gasteiger partial charge in [-0.1, -0.05) is 41.4 Å². The van der Waals surface area contributed by atoms with E-state index in [1.54, 1.807) is 25.1 Å². The van der Waals surface area contributed by atoms with Crippen LogP contribution < -0.4 is 11.1 Å². The molecule has 3 N–H and O–H groups in total. The van der Waals surface area contributed by atoms with Gasteiger partial charge in [0, 0.05) is 21.3 Å². The number of hydrogen-bond acceptors (Lipinski definition) is 2. The van der Waals surface area contributed by atoms with Crippen molar-refractivity contribution in [1.29, 1.82) is 0 Å². The van der Waals surface area contributed by atoms with Crippen LogP contribution in [0.1, 0.15) is 18.1 Å². The Morgan fingerprint density at radius 2 is 1.90 bits per heavy atom. The van der Waals surface area contributed by atoms with Gasteiger partial charge < -0.3 is 11.1 Å². The molecule has 0 bridgehead atoms. The number of aryl methyl sites for hydroxylation is 1. The molecule has 21 heavy (non-hydrogen) atoms.